The van der Waals surface area contributed by atoms with Crippen LogP contribution in [0.25, 0.3) is 21.3 Å². The van der Waals surface area contributed by atoms with E-state index in [2.05, 4.69) is 15.3 Å². The van der Waals surface area contributed by atoms with Gasteiger partial charge in [0.05, 0.1) is 22.5 Å². The van der Waals surface area contributed by atoms with Crippen molar-refractivity contribution >= 4 is 44.9 Å². The van der Waals surface area contributed by atoms with E-state index in [4.69, 9.17) is 4.74 Å². The summed E-state index contributed by atoms with van der Waals surface area (Å²) in [5.74, 6) is 1.65. The fourth-order valence-corrected chi connectivity index (χ4v) is 5.03. The zero-order valence-electron chi connectivity index (χ0n) is 18.6. The minimum atomic E-state index is -0.319. The maximum Gasteiger partial charge on any atom is 0.260 e. The molecule has 8 heteroatoms. The predicted molar refractivity (Wildman–Crippen MR) is 137 cm³/mol. The maximum atomic E-state index is 12.8. The molecule has 0 aliphatic carbocycles. The maximum absolute atomic E-state index is 12.8. The van der Waals surface area contributed by atoms with Crippen molar-refractivity contribution in [3.8, 4) is 16.9 Å². The number of hydrogen-bond acceptors (Lipinski definition) is 6. The lowest BCUT2D eigenvalue weighted by atomic mass is 10.1. The quantitative estimate of drug-likeness (QED) is 0.339. The van der Waals surface area contributed by atoms with Crippen LogP contribution in [0.5, 0.6) is 5.75 Å². The van der Waals surface area contributed by atoms with Crippen LogP contribution in [0.4, 0.5) is 5.69 Å². The first-order valence-corrected chi connectivity index (χ1v) is 12.6. The number of rotatable bonds is 8. The van der Waals surface area contributed by atoms with Crippen molar-refractivity contribution in [2.24, 2.45) is 0 Å². The first-order chi connectivity index (χ1) is 15.9. The van der Waals surface area contributed by atoms with Gasteiger partial charge in [-0.15, -0.1) is 23.1 Å². The highest BCUT2D eigenvalue weighted by Crippen LogP contribution is 2.31. The molecule has 0 bridgehead atoms. The van der Waals surface area contributed by atoms with Gasteiger partial charge in [0.2, 0.25) is 5.91 Å². The number of fused-ring (bicyclic) bond motifs is 1. The van der Waals surface area contributed by atoms with E-state index in [-0.39, 0.29) is 22.8 Å². The molecule has 0 aliphatic heterocycles. The molecule has 2 aromatic carbocycles. The Bertz CT molecular complexity index is 1300. The zero-order valence-corrected chi connectivity index (χ0v) is 20.3. The summed E-state index contributed by atoms with van der Waals surface area (Å²) in [6.45, 7) is 5.77. The minimum absolute atomic E-state index is 0.0974. The number of carbonyl (C=O) groups excluding carboxylic acids is 1. The van der Waals surface area contributed by atoms with Crippen molar-refractivity contribution in [3.05, 3.63) is 76.2 Å². The average molecular weight is 480 g/mol. The molecule has 0 radical (unpaired) electrons. The van der Waals surface area contributed by atoms with Gasteiger partial charge in [-0.25, -0.2) is 4.98 Å². The SMILES string of the molecule is CC(C)Oc1ccc(NC(=O)C(C)SCc2nc3scc(-c4ccccc4)c3c(=O)[nH]2)cc1. The molecule has 0 spiro atoms. The van der Waals surface area contributed by atoms with Crippen LogP contribution in [0.1, 0.15) is 26.6 Å². The van der Waals surface area contributed by atoms with E-state index in [9.17, 15) is 9.59 Å². The molecule has 6 nitrogen and oxygen atoms in total. The summed E-state index contributed by atoms with van der Waals surface area (Å²) < 4.78 is 5.62. The van der Waals surface area contributed by atoms with Crippen LogP contribution in [0.2, 0.25) is 0 Å². The second kappa shape index (κ2) is 10.2. The minimum Gasteiger partial charge on any atom is -0.491 e. The molecule has 2 aromatic heterocycles. The molecule has 1 atom stereocenters. The molecular formula is C25H25N3O3S2. The third-order valence-electron chi connectivity index (χ3n) is 4.91. The fraction of sp³-hybridized carbons (Fsp3) is 0.240. The fourth-order valence-electron chi connectivity index (χ4n) is 3.30. The lowest BCUT2D eigenvalue weighted by Gasteiger charge is -2.13. The number of amides is 1. The summed E-state index contributed by atoms with van der Waals surface area (Å²) in [7, 11) is 0. The molecule has 1 unspecified atom stereocenters. The van der Waals surface area contributed by atoms with Gasteiger partial charge < -0.3 is 15.0 Å². The van der Waals surface area contributed by atoms with Gasteiger partial charge in [-0.1, -0.05) is 30.3 Å². The summed E-state index contributed by atoms with van der Waals surface area (Å²) in [4.78, 5) is 33.6. The first kappa shape index (κ1) is 23.1. The number of carbonyl (C=O) groups is 1. The van der Waals surface area contributed by atoms with Gasteiger partial charge in [0.15, 0.2) is 0 Å². The summed E-state index contributed by atoms with van der Waals surface area (Å²) in [6, 6.07) is 17.1. The van der Waals surface area contributed by atoms with Crippen molar-refractivity contribution in [2.75, 3.05) is 5.32 Å². The molecular weight excluding hydrogens is 454 g/mol. The molecule has 2 N–H and O–H groups in total. The van der Waals surface area contributed by atoms with Gasteiger partial charge in [-0.2, -0.15) is 0 Å². The predicted octanol–water partition coefficient (Wildman–Crippen LogP) is 5.70. The van der Waals surface area contributed by atoms with Gasteiger partial charge in [-0.3, -0.25) is 9.59 Å². The monoisotopic (exact) mass is 479 g/mol. The summed E-state index contributed by atoms with van der Waals surface area (Å²) in [6.07, 6.45) is 0.0974. The van der Waals surface area contributed by atoms with Gasteiger partial charge >= 0.3 is 0 Å². The van der Waals surface area contributed by atoms with Gasteiger partial charge in [-0.05, 0) is 50.6 Å². The van der Waals surface area contributed by atoms with Crippen molar-refractivity contribution in [1.29, 1.82) is 0 Å². The molecule has 0 fully saturated rings. The van der Waals surface area contributed by atoms with E-state index in [1.165, 1.54) is 23.1 Å². The number of nitrogens with zero attached hydrogens (tertiary/aromatic N) is 1. The molecule has 4 aromatic rings. The molecule has 2 heterocycles. The van der Waals surface area contributed by atoms with Crippen LogP contribution in [-0.2, 0) is 10.5 Å². The van der Waals surface area contributed by atoms with E-state index < -0.39 is 0 Å². The highest BCUT2D eigenvalue weighted by atomic mass is 32.2. The van der Waals surface area contributed by atoms with Crippen LogP contribution in [0, 0.1) is 0 Å². The zero-order chi connectivity index (χ0) is 23.4. The Balaban J connectivity index is 1.39. The van der Waals surface area contributed by atoms with Crippen LogP contribution >= 0.6 is 23.1 Å². The van der Waals surface area contributed by atoms with Crippen LogP contribution in [0.3, 0.4) is 0 Å². The Kier molecular flexibility index (Phi) is 7.15. The van der Waals surface area contributed by atoms with E-state index in [0.717, 1.165) is 16.9 Å². The molecule has 170 valence electrons. The summed E-state index contributed by atoms with van der Waals surface area (Å²) >= 11 is 2.88. The van der Waals surface area contributed by atoms with Gasteiger partial charge in [0.1, 0.15) is 16.4 Å². The first-order valence-electron chi connectivity index (χ1n) is 10.7. The molecule has 33 heavy (non-hydrogen) atoms. The van der Waals surface area contributed by atoms with Crippen molar-refractivity contribution < 1.29 is 9.53 Å². The molecule has 4 rings (SSSR count). The third-order valence-corrected chi connectivity index (χ3v) is 6.94. The van der Waals surface area contributed by atoms with Gasteiger partial charge in [0.25, 0.3) is 5.56 Å². The Morgan fingerprint density at radius 1 is 1.12 bits per heavy atom. The molecule has 0 saturated heterocycles. The van der Waals surface area contributed by atoms with Gasteiger partial charge in [0, 0.05) is 16.6 Å². The number of H-pyrrole nitrogens is 1. The number of ether oxygens (including phenoxy) is 1. The number of thiophene rings is 1. The second-order valence-electron chi connectivity index (χ2n) is 7.84. The van der Waals surface area contributed by atoms with Crippen molar-refractivity contribution in [3.63, 3.8) is 0 Å². The van der Waals surface area contributed by atoms with E-state index in [0.29, 0.717) is 27.5 Å². The topological polar surface area (TPSA) is 84.1 Å². The Hall–Kier alpha value is -3.10. The van der Waals surface area contributed by atoms with Crippen molar-refractivity contribution in [1.82, 2.24) is 9.97 Å². The summed E-state index contributed by atoms with van der Waals surface area (Å²) in [5, 5.41) is 5.17. The highest BCUT2D eigenvalue weighted by Gasteiger charge is 2.17. The Morgan fingerprint density at radius 3 is 2.55 bits per heavy atom. The molecule has 0 aliphatic rings. The molecule has 1 amide bonds. The Labute approximate surface area is 200 Å². The van der Waals surface area contributed by atoms with E-state index in [1.54, 1.807) is 0 Å². The lowest BCUT2D eigenvalue weighted by Crippen LogP contribution is -2.23. The Morgan fingerprint density at radius 2 is 1.85 bits per heavy atom. The standard InChI is InChI=1S/C25H25N3O3S2/c1-15(2)31-19-11-9-18(10-12-19)26-23(29)16(3)32-14-21-27-24(30)22-20(13-33-25(22)28-21)17-7-5-4-6-8-17/h4-13,15-16H,14H2,1-3H3,(H,26,29)(H,27,28,30). The number of hydrogen-bond donors (Lipinski definition) is 2. The normalized spacial score (nSPS) is 12.1. The van der Waals surface area contributed by atoms with E-state index in [1.807, 2.05) is 80.7 Å². The van der Waals surface area contributed by atoms with Crippen LogP contribution in [-0.4, -0.2) is 27.2 Å². The number of aromatic amines is 1. The average Bonchev–Trinajstić information content (AvgIpc) is 3.23. The number of aromatic nitrogens is 2. The number of anilines is 1. The second-order valence-corrected chi connectivity index (χ2v) is 10.0. The number of benzene rings is 2. The highest BCUT2D eigenvalue weighted by molar-refractivity contribution is 7.99. The lowest BCUT2D eigenvalue weighted by molar-refractivity contribution is -0.115. The van der Waals surface area contributed by atoms with Crippen molar-refractivity contribution in [2.45, 2.75) is 37.9 Å². The smallest absolute Gasteiger partial charge is 0.260 e. The number of thioether (sulfide) groups is 1. The molecule has 0 saturated carbocycles. The summed E-state index contributed by atoms with van der Waals surface area (Å²) in [5.41, 5.74) is 2.44. The number of nitrogens with one attached hydrogen (secondary N) is 2. The van der Waals surface area contributed by atoms with Crippen LogP contribution in [0.15, 0.2) is 64.8 Å². The van der Waals surface area contributed by atoms with E-state index >= 15 is 0 Å². The third kappa shape index (κ3) is 5.64. The largest absolute Gasteiger partial charge is 0.491 e. The van der Waals surface area contributed by atoms with Crippen LogP contribution < -0.4 is 15.6 Å².